The molecule has 0 fully saturated rings. The molecule has 1 aliphatic rings. The van der Waals surface area contributed by atoms with Gasteiger partial charge in [-0.3, -0.25) is 4.99 Å². The summed E-state index contributed by atoms with van der Waals surface area (Å²) < 4.78 is 4.74. The number of aromatic nitrogens is 2. The SMILES string of the molecule is C=C1CC=C(n2ccc3c4c5c6ccccc6ccc5n(-c5ccccc5)c4ccc32)C(c2ccccc2)=NC1c1ccccc1. The van der Waals surface area contributed by atoms with Crippen molar-refractivity contribution in [1.29, 1.82) is 0 Å². The van der Waals surface area contributed by atoms with Crippen LogP contribution in [0.15, 0.2) is 175 Å². The second kappa shape index (κ2) is 10.6. The number of fused-ring (bicyclic) bond motifs is 7. The predicted octanol–water partition coefficient (Wildman–Crippen LogP) is 10.9. The maximum atomic E-state index is 5.46. The molecule has 3 heteroatoms. The third kappa shape index (κ3) is 4.09. The van der Waals surface area contributed by atoms with Crippen LogP contribution < -0.4 is 0 Å². The highest BCUT2D eigenvalue weighted by molar-refractivity contribution is 6.31. The van der Waals surface area contributed by atoms with Crippen LogP contribution in [0.4, 0.5) is 0 Å². The molecule has 46 heavy (non-hydrogen) atoms. The van der Waals surface area contributed by atoms with Crippen LogP contribution in [0, 0.1) is 0 Å². The lowest BCUT2D eigenvalue weighted by Crippen LogP contribution is -2.11. The van der Waals surface area contributed by atoms with Crippen LogP contribution in [0.1, 0.15) is 23.6 Å². The summed E-state index contributed by atoms with van der Waals surface area (Å²) in [6.07, 6.45) is 5.27. The van der Waals surface area contributed by atoms with Gasteiger partial charge in [-0.15, -0.1) is 0 Å². The van der Waals surface area contributed by atoms with Crippen LogP contribution in [-0.2, 0) is 0 Å². The van der Waals surface area contributed by atoms with Gasteiger partial charge in [0, 0.05) is 33.6 Å². The Bertz CT molecular complexity index is 2490. The molecule has 0 bridgehead atoms. The molecular formula is C43H31N3. The Labute approximate surface area is 267 Å². The van der Waals surface area contributed by atoms with Gasteiger partial charge in [0.25, 0.3) is 0 Å². The summed E-state index contributed by atoms with van der Waals surface area (Å²) in [7, 11) is 0. The molecule has 9 rings (SSSR count). The molecule has 8 aromatic rings. The molecule has 2 aromatic heterocycles. The summed E-state index contributed by atoms with van der Waals surface area (Å²) in [4.78, 5) is 5.46. The lowest BCUT2D eigenvalue weighted by molar-refractivity contribution is 0.834. The average molecular weight is 590 g/mol. The zero-order chi connectivity index (χ0) is 30.6. The summed E-state index contributed by atoms with van der Waals surface area (Å²) >= 11 is 0. The van der Waals surface area contributed by atoms with E-state index < -0.39 is 0 Å². The van der Waals surface area contributed by atoms with Crippen molar-refractivity contribution in [3.63, 3.8) is 0 Å². The van der Waals surface area contributed by atoms with Gasteiger partial charge < -0.3 is 9.13 Å². The summed E-state index contributed by atoms with van der Waals surface area (Å²) in [6, 6.07) is 51.8. The molecule has 1 unspecified atom stereocenters. The van der Waals surface area contributed by atoms with E-state index in [-0.39, 0.29) is 6.04 Å². The van der Waals surface area contributed by atoms with Crippen LogP contribution >= 0.6 is 0 Å². The normalized spacial score (nSPS) is 15.4. The van der Waals surface area contributed by atoms with Gasteiger partial charge in [0.15, 0.2) is 0 Å². The summed E-state index contributed by atoms with van der Waals surface area (Å²) in [5.74, 6) is 0. The average Bonchev–Trinajstić information content (AvgIpc) is 3.65. The topological polar surface area (TPSA) is 22.2 Å². The number of nitrogens with zero attached hydrogens (tertiary/aromatic N) is 3. The van der Waals surface area contributed by atoms with E-state index in [9.17, 15) is 0 Å². The van der Waals surface area contributed by atoms with Gasteiger partial charge in [-0.1, -0.05) is 122 Å². The van der Waals surface area contributed by atoms with Crippen molar-refractivity contribution < 1.29 is 0 Å². The minimum atomic E-state index is -0.117. The molecule has 0 spiro atoms. The minimum Gasteiger partial charge on any atom is -0.315 e. The number of hydrogen-bond acceptors (Lipinski definition) is 1. The van der Waals surface area contributed by atoms with Gasteiger partial charge in [-0.2, -0.15) is 0 Å². The largest absolute Gasteiger partial charge is 0.315 e. The molecule has 0 aliphatic carbocycles. The monoisotopic (exact) mass is 589 g/mol. The highest BCUT2D eigenvalue weighted by Crippen LogP contribution is 2.42. The Kier molecular flexibility index (Phi) is 6.10. The molecule has 1 atom stereocenters. The van der Waals surface area contributed by atoms with Crippen molar-refractivity contribution in [2.24, 2.45) is 4.99 Å². The van der Waals surface area contributed by atoms with Gasteiger partial charge in [-0.25, -0.2) is 0 Å². The van der Waals surface area contributed by atoms with E-state index in [2.05, 4.69) is 174 Å². The Morgan fingerprint density at radius 3 is 2.00 bits per heavy atom. The lowest BCUT2D eigenvalue weighted by Gasteiger charge is -2.17. The standard InChI is InChI=1S/C43H31N3/c1-29-21-23-39(43(32-16-7-3-8-17-32)44-42(29)31-14-5-2-6-15-31)45-28-27-35-36(45)25-26-38-41(35)40-34-20-12-11-13-30(34)22-24-37(40)46(38)33-18-9-4-10-19-33/h2-20,22-28,42H,1,21H2. The molecule has 218 valence electrons. The number of hydrogen-bond donors (Lipinski definition) is 0. The fourth-order valence-electron chi connectivity index (χ4n) is 7.26. The zero-order valence-corrected chi connectivity index (χ0v) is 25.3. The van der Waals surface area contributed by atoms with Crippen LogP contribution in [0.5, 0.6) is 0 Å². The first-order valence-corrected chi connectivity index (χ1v) is 15.8. The molecule has 3 nitrogen and oxygen atoms in total. The number of para-hydroxylation sites is 1. The zero-order valence-electron chi connectivity index (χ0n) is 25.3. The number of aliphatic imine (C=N–C) groups is 1. The fourth-order valence-corrected chi connectivity index (χ4v) is 7.26. The summed E-state index contributed by atoms with van der Waals surface area (Å²) in [5.41, 5.74) is 10.1. The fraction of sp³-hybridized carbons (Fsp3) is 0.0465. The Balaban J connectivity index is 1.33. The van der Waals surface area contributed by atoms with Crippen molar-refractivity contribution in [3.8, 4) is 5.69 Å². The highest BCUT2D eigenvalue weighted by Gasteiger charge is 2.24. The Morgan fingerprint density at radius 1 is 0.587 bits per heavy atom. The van der Waals surface area contributed by atoms with Crippen molar-refractivity contribution >= 4 is 54.9 Å². The van der Waals surface area contributed by atoms with Crippen molar-refractivity contribution in [1.82, 2.24) is 9.13 Å². The Hall–Kier alpha value is -5.93. The molecule has 0 saturated heterocycles. The van der Waals surface area contributed by atoms with Gasteiger partial charge in [0.1, 0.15) is 0 Å². The molecule has 0 amide bonds. The second-order valence-corrected chi connectivity index (χ2v) is 12.0. The predicted molar refractivity (Wildman–Crippen MR) is 194 cm³/mol. The first kappa shape index (κ1) is 26.5. The van der Waals surface area contributed by atoms with Gasteiger partial charge in [0.2, 0.25) is 0 Å². The quantitative estimate of drug-likeness (QED) is 0.182. The molecule has 1 aliphatic heterocycles. The summed E-state index contributed by atoms with van der Waals surface area (Å²) in [6.45, 7) is 4.51. The molecule has 0 saturated carbocycles. The maximum absolute atomic E-state index is 5.46. The van der Waals surface area contributed by atoms with Gasteiger partial charge in [-0.05, 0) is 64.7 Å². The molecule has 0 radical (unpaired) electrons. The first-order valence-electron chi connectivity index (χ1n) is 15.8. The summed E-state index contributed by atoms with van der Waals surface area (Å²) in [5, 5.41) is 6.29. The van der Waals surface area contributed by atoms with Crippen LogP contribution in [0.25, 0.3) is 54.9 Å². The van der Waals surface area contributed by atoms with Crippen molar-refractivity contribution in [2.75, 3.05) is 0 Å². The van der Waals surface area contributed by atoms with E-state index >= 15 is 0 Å². The molecule has 6 aromatic carbocycles. The Morgan fingerprint density at radius 2 is 1.22 bits per heavy atom. The molecular weight excluding hydrogens is 558 g/mol. The van der Waals surface area contributed by atoms with E-state index in [0.717, 1.165) is 45.7 Å². The second-order valence-electron chi connectivity index (χ2n) is 12.0. The van der Waals surface area contributed by atoms with Crippen molar-refractivity contribution in [3.05, 3.63) is 181 Å². The molecule has 0 N–H and O–H groups in total. The number of rotatable bonds is 4. The maximum Gasteiger partial charge on any atom is 0.0968 e. The van der Waals surface area contributed by atoms with E-state index in [4.69, 9.17) is 4.99 Å². The smallest absolute Gasteiger partial charge is 0.0968 e. The third-order valence-electron chi connectivity index (χ3n) is 9.37. The third-order valence-corrected chi connectivity index (χ3v) is 9.37. The van der Waals surface area contributed by atoms with Gasteiger partial charge in [0.05, 0.1) is 34.0 Å². The van der Waals surface area contributed by atoms with Gasteiger partial charge >= 0.3 is 0 Å². The van der Waals surface area contributed by atoms with E-state index in [0.29, 0.717) is 0 Å². The number of benzene rings is 6. The first-order chi connectivity index (χ1) is 22.8. The van der Waals surface area contributed by atoms with Crippen LogP contribution in [0.2, 0.25) is 0 Å². The highest BCUT2D eigenvalue weighted by atomic mass is 15.0. The number of allylic oxidation sites excluding steroid dienone is 2. The van der Waals surface area contributed by atoms with Crippen LogP contribution in [-0.4, -0.2) is 14.8 Å². The van der Waals surface area contributed by atoms with E-state index in [1.165, 1.54) is 38.0 Å². The lowest BCUT2D eigenvalue weighted by atomic mass is 9.98. The minimum absolute atomic E-state index is 0.117. The van der Waals surface area contributed by atoms with E-state index in [1.54, 1.807) is 0 Å². The van der Waals surface area contributed by atoms with Crippen LogP contribution in [0.3, 0.4) is 0 Å². The molecule has 3 heterocycles. The van der Waals surface area contributed by atoms with E-state index in [1.807, 2.05) is 0 Å². The van der Waals surface area contributed by atoms with Crippen molar-refractivity contribution in [2.45, 2.75) is 12.5 Å².